The van der Waals surface area contributed by atoms with E-state index in [-0.39, 0.29) is 11.9 Å². The second kappa shape index (κ2) is 6.34. The predicted molar refractivity (Wildman–Crippen MR) is 73.5 cm³/mol. The van der Waals surface area contributed by atoms with E-state index in [4.69, 9.17) is 0 Å². The van der Waals surface area contributed by atoms with E-state index in [0.29, 0.717) is 6.04 Å². The second-order valence-electron chi connectivity index (χ2n) is 5.30. The van der Waals surface area contributed by atoms with Gasteiger partial charge in [-0.3, -0.25) is 4.79 Å². The maximum atomic E-state index is 12.2. The van der Waals surface area contributed by atoms with E-state index >= 15 is 0 Å². The Morgan fingerprint density at radius 3 is 2.39 bits per heavy atom. The standard InChI is InChI=1S/C14H25N3O/c1-3-13(15-2)14(18)17-10-6-12(7-11-17)16-8-4-5-9-16/h3,12-13,15H,1,4-11H2,2H3/t13-/m1/s1. The molecule has 0 aliphatic carbocycles. The molecule has 0 aromatic carbocycles. The van der Waals surface area contributed by atoms with Crippen molar-refractivity contribution in [3.8, 4) is 0 Å². The number of hydrogen-bond acceptors (Lipinski definition) is 3. The molecular weight excluding hydrogens is 226 g/mol. The number of likely N-dealkylation sites (tertiary alicyclic amines) is 2. The summed E-state index contributed by atoms with van der Waals surface area (Å²) in [5, 5.41) is 3.00. The highest BCUT2D eigenvalue weighted by atomic mass is 16.2. The molecule has 0 aromatic heterocycles. The van der Waals surface area contributed by atoms with Crippen LogP contribution in [0.3, 0.4) is 0 Å². The Kier molecular flexibility index (Phi) is 4.78. The first-order chi connectivity index (χ1) is 8.76. The van der Waals surface area contributed by atoms with Crippen molar-refractivity contribution in [3.05, 3.63) is 12.7 Å². The van der Waals surface area contributed by atoms with Gasteiger partial charge in [-0.05, 0) is 45.8 Å². The monoisotopic (exact) mass is 251 g/mol. The van der Waals surface area contributed by atoms with Gasteiger partial charge < -0.3 is 15.1 Å². The number of amides is 1. The number of rotatable bonds is 4. The molecule has 1 N–H and O–H groups in total. The van der Waals surface area contributed by atoms with E-state index in [9.17, 15) is 4.79 Å². The van der Waals surface area contributed by atoms with Gasteiger partial charge in [-0.25, -0.2) is 0 Å². The van der Waals surface area contributed by atoms with Crippen LogP contribution >= 0.6 is 0 Å². The number of nitrogens with one attached hydrogen (secondary N) is 1. The quantitative estimate of drug-likeness (QED) is 0.752. The Morgan fingerprint density at radius 2 is 1.89 bits per heavy atom. The van der Waals surface area contributed by atoms with Crippen molar-refractivity contribution < 1.29 is 4.79 Å². The van der Waals surface area contributed by atoms with Crippen molar-refractivity contribution in [3.63, 3.8) is 0 Å². The molecule has 2 fully saturated rings. The highest BCUT2D eigenvalue weighted by Gasteiger charge is 2.29. The smallest absolute Gasteiger partial charge is 0.243 e. The number of likely N-dealkylation sites (N-methyl/N-ethyl adjacent to an activating group) is 1. The highest BCUT2D eigenvalue weighted by Crippen LogP contribution is 2.21. The Bertz CT molecular complexity index is 291. The maximum Gasteiger partial charge on any atom is 0.243 e. The van der Waals surface area contributed by atoms with Gasteiger partial charge in [0.25, 0.3) is 0 Å². The van der Waals surface area contributed by atoms with E-state index in [2.05, 4.69) is 16.8 Å². The molecule has 0 radical (unpaired) electrons. The van der Waals surface area contributed by atoms with Crippen LogP contribution in [0.25, 0.3) is 0 Å². The molecule has 0 aromatic rings. The maximum absolute atomic E-state index is 12.2. The van der Waals surface area contributed by atoms with Crippen LogP contribution < -0.4 is 5.32 Å². The molecule has 4 heteroatoms. The zero-order valence-electron chi connectivity index (χ0n) is 11.4. The normalized spacial score (nSPS) is 24.2. The third-order valence-electron chi connectivity index (χ3n) is 4.25. The number of piperidine rings is 1. The lowest BCUT2D eigenvalue weighted by molar-refractivity contribution is -0.133. The molecule has 18 heavy (non-hydrogen) atoms. The summed E-state index contributed by atoms with van der Waals surface area (Å²) in [6.07, 6.45) is 6.63. The van der Waals surface area contributed by atoms with Crippen molar-refractivity contribution in [2.24, 2.45) is 0 Å². The number of nitrogens with zero attached hydrogens (tertiary/aromatic N) is 2. The number of carbonyl (C=O) groups is 1. The van der Waals surface area contributed by atoms with Crippen LogP contribution in [-0.2, 0) is 4.79 Å². The fourth-order valence-corrected chi connectivity index (χ4v) is 3.10. The summed E-state index contributed by atoms with van der Waals surface area (Å²) in [7, 11) is 1.81. The van der Waals surface area contributed by atoms with Gasteiger partial charge in [0.05, 0.1) is 0 Å². The highest BCUT2D eigenvalue weighted by molar-refractivity contribution is 5.83. The van der Waals surface area contributed by atoms with Gasteiger partial charge >= 0.3 is 0 Å². The lowest BCUT2D eigenvalue weighted by Crippen LogP contribution is -2.50. The molecule has 102 valence electrons. The lowest BCUT2D eigenvalue weighted by Gasteiger charge is -2.37. The summed E-state index contributed by atoms with van der Waals surface area (Å²) in [5.74, 6) is 0.173. The lowest BCUT2D eigenvalue weighted by atomic mass is 10.0. The second-order valence-corrected chi connectivity index (χ2v) is 5.30. The van der Waals surface area contributed by atoms with Gasteiger partial charge in [-0.2, -0.15) is 0 Å². The van der Waals surface area contributed by atoms with E-state index in [1.807, 2.05) is 4.90 Å². The number of hydrogen-bond donors (Lipinski definition) is 1. The van der Waals surface area contributed by atoms with Crippen molar-refractivity contribution in [1.82, 2.24) is 15.1 Å². The summed E-state index contributed by atoms with van der Waals surface area (Å²) >= 11 is 0. The first-order valence-electron chi connectivity index (χ1n) is 7.09. The van der Waals surface area contributed by atoms with E-state index < -0.39 is 0 Å². The molecule has 1 atom stereocenters. The minimum absolute atomic E-state index is 0.173. The Morgan fingerprint density at radius 1 is 1.28 bits per heavy atom. The van der Waals surface area contributed by atoms with Crippen LogP contribution in [0.4, 0.5) is 0 Å². The first kappa shape index (κ1) is 13.6. The molecule has 1 amide bonds. The largest absolute Gasteiger partial charge is 0.341 e. The molecule has 2 aliphatic heterocycles. The summed E-state index contributed by atoms with van der Waals surface area (Å²) in [6, 6.07) is 0.474. The third-order valence-corrected chi connectivity index (χ3v) is 4.25. The molecule has 4 nitrogen and oxygen atoms in total. The van der Waals surface area contributed by atoms with Crippen LogP contribution in [0.1, 0.15) is 25.7 Å². The van der Waals surface area contributed by atoms with E-state index in [1.165, 1.54) is 25.9 Å². The fourth-order valence-electron chi connectivity index (χ4n) is 3.10. The van der Waals surface area contributed by atoms with Gasteiger partial charge in [-0.15, -0.1) is 6.58 Å². The summed E-state index contributed by atoms with van der Waals surface area (Å²) < 4.78 is 0. The van der Waals surface area contributed by atoms with Gasteiger partial charge in [0.2, 0.25) is 5.91 Å². The molecular formula is C14H25N3O. The van der Waals surface area contributed by atoms with Gasteiger partial charge in [0.15, 0.2) is 0 Å². The molecule has 0 unspecified atom stereocenters. The van der Waals surface area contributed by atoms with Crippen LogP contribution in [0, 0.1) is 0 Å². The summed E-state index contributed by atoms with van der Waals surface area (Å²) in [5.41, 5.74) is 0. The molecule has 2 saturated heterocycles. The molecule has 2 aliphatic rings. The Balaban J connectivity index is 1.82. The Labute approximate surface area is 110 Å². The van der Waals surface area contributed by atoms with Crippen molar-refractivity contribution in [2.75, 3.05) is 33.2 Å². The van der Waals surface area contributed by atoms with Crippen LogP contribution in [0.5, 0.6) is 0 Å². The summed E-state index contributed by atoms with van der Waals surface area (Å²) in [4.78, 5) is 16.8. The average molecular weight is 251 g/mol. The van der Waals surface area contributed by atoms with Crippen LogP contribution in [0.15, 0.2) is 12.7 Å². The van der Waals surface area contributed by atoms with Crippen LogP contribution in [0.2, 0.25) is 0 Å². The first-order valence-corrected chi connectivity index (χ1v) is 7.09. The van der Waals surface area contributed by atoms with Crippen LogP contribution in [-0.4, -0.2) is 61.0 Å². The van der Waals surface area contributed by atoms with Crippen molar-refractivity contribution in [2.45, 2.75) is 37.8 Å². The van der Waals surface area contributed by atoms with E-state index in [1.54, 1.807) is 13.1 Å². The minimum Gasteiger partial charge on any atom is -0.341 e. The third kappa shape index (κ3) is 2.93. The van der Waals surface area contributed by atoms with E-state index in [0.717, 1.165) is 25.9 Å². The average Bonchev–Trinajstić information content (AvgIpc) is 2.94. The molecule has 0 saturated carbocycles. The van der Waals surface area contributed by atoms with Gasteiger partial charge in [0.1, 0.15) is 6.04 Å². The minimum atomic E-state index is -0.228. The fraction of sp³-hybridized carbons (Fsp3) is 0.786. The summed E-state index contributed by atoms with van der Waals surface area (Å²) in [6.45, 7) is 8.01. The van der Waals surface area contributed by atoms with Gasteiger partial charge in [0, 0.05) is 19.1 Å². The molecule has 0 bridgehead atoms. The topological polar surface area (TPSA) is 35.6 Å². The van der Waals surface area contributed by atoms with Crippen molar-refractivity contribution in [1.29, 1.82) is 0 Å². The molecule has 0 spiro atoms. The van der Waals surface area contributed by atoms with Gasteiger partial charge in [-0.1, -0.05) is 6.08 Å². The predicted octanol–water partition coefficient (Wildman–Crippen LogP) is 0.847. The zero-order chi connectivity index (χ0) is 13.0. The van der Waals surface area contributed by atoms with Crippen molar-refractivity contribution >= 4 is 5.91 Å². The SMILES string of the molecule is C=C[C@@H](NC)C(=O)N1CCC(N2CCCC2)CC1. The number of carbonyl (C=O) groups excluding carboxylic acids is 1. The zero-order valence-corrected chi connectivity index (χ0v) is 11.4. The molecule has 2 rings (SSSR count). The Hall–Kier alpha value is -0.870. The molecule has 2 heterocycles.